The number of imide groups is 1. The minimum absolute atomic E-state index is 0.113. The van der Waals surface area contributed by atoms with E-state index in [2.05, 4.69) is 5.10 Å². The van der Waals surface area contributed by atoms with Crippen LogP contribution in [-0.2, 0) is 9.59 Å². The Bertz CT molecular complexity index is 1090. The first-order valence-corrected chi connectivity index (χ1v) is 9.46. The van der Waals surface area contributed by atoms with Crippen molar-refractivity contribution in [3.05, 3.63) is 63.4 Å². The maximum absolute atomic E-state index is 12.6. The monoisotopic (exact) mass is 411 g/mol. The second kappa shape index (κ2) is 6.38. The number of furan rings is 1. The molecule has 0 N–H and O–H groups in total. The number of fused-ring (bicyclic) bond motifs is 5. The van der Waals surface area contributed by atoms with Gasteiger partial charge in [-0.2, -0.15) is 10.1 Å². The maximum Gasteiger partial charge on any atom is 0.281 e. The van der Waals surface area contributed by atoms with E-state index >= 15 is 0 Å². The van der Waals surface area contributed by atoms with Gasteiger partial charge >= 0.3 is 0 Å². The summed E-state index contributed by atoms with van der Waals surface area (Å²) in [5.41, 5.74) is 0.0839. The van der Waals surface area contributed by atoms with Crippen molar-refractivity contribution in [1.82, 2.24) is 5.01 Å². The summed E-state index contributed by atoms with van der Waals surface area (Å²) in [7, 11) is 0. The smallest absolute Gasteiger partial charge is 0.281 e. The van der Waals surface area contributed by atoms with Crippen LogP contribution in [0.5, 0.6) is 0 Å². The Morgan fingerprint density at radius 1 is 1.14 bits per heavy atom. The second-order valence-corrected chi connectivity index (χ2v) is 7.79. The number of nitro benzene ring substituents is 1. The lowest BCUT2D eigenvalue weighted by molar-refractivity contribution is -0.384. The number of hydrazone groups is 1. The number of hydrogen-bond acceptors (Lipinski definition) is 6. The van der Waals surface area contributed by atoms with Crippen LogP contribution in [0.3, 0.4) is 0 Å². The van der Waals surface area contributed by atoms with Crippen molar-refractivity contribution in [2.75, 3.05) is 0 Å². The molecule has 1 aliphatic heterocycles. The van der Waals surface area contributed by atoms with Crippen LogP contribution in [-0.4, -0.2) is 28.0 Å². The molecule has 1 saturated heterocycles. The van der Waals surface area contributed by atoms with Gasteiger partial charge in [0.1, 0.15) is 11.5 Å². The van der Waals surface area contributed by atoms with E-state index in [1.165, 1.54) is 24.4 Å². The van der Waals surface area contributed by atoms with Crippen LogP contribution in [0.4, 0.5) is 5.69 Å². The molecule has 146 valence electrons. The van der Waals surface area contributed by atoms with Crippen LogP contribution in [0.2, 0.25) is 5.02 Å². The highest BCUT2D eigenvalue weighted by Crippen LogP contribution is 2.52. The number of nitro groups is 1. The Labute approximate surface area is 169 Å². The van der Waals surface area contributed by atoms with Crippen molar-refractivity contribution < 1.29 is 18.9 Å². The predicted molar refractivity (Wildman–Crippen MR) is 103 cm³/mol. The Morgan fingerprint density at radius 3 is 2.48 bits per heavy atom. The molecule has 8 nitrogen and oxygen atoms in total. The lowest BCUT2D eigenvalue weighted by atomic mass is 9.85. The molecule has 2 amide bonds. The molecule has 0 spiro atoms. The fraction of sp³-hybridized carbons (Fsp3) is 0.250. The summed E-state index contributed by atoms with van der Waals surface area (Å²) in [5.74, 6) is -0.459. The van der Waals surface area contributed by atoms with E-state index in [0.717, 1.165) is 11.4 Å². The number of amides is 2. The molecule has 2 fully saturated rings. The summed E-state index contributed by atoms with van der Waals surface area (Å²) in [5, 5.41) is 16.5. The number of halogens is 1. The fourth-order valence-electron chi connectivity index (χ4n) is 4.55. The lowest BCUT2D eigenvalue weighted by Crippen LogP contribution is -2.28. The average Bonchev–Trinajstić information content (AvgIpc) is 3.46. The van der Waals surface area contributed by atoms with Crippen molar-refractivity contribution in [3.63, 3.8) is 0 Å². The molecule has 29 heavy (non-hydrogen) atoms. The van der Waals surface area contributed by atoms with Gasteiger partial charge in [0.25, 0.3) is 17.5 Å². The normalized spacial score (nSPS) is 27.4. The lowest BCUT2D eigenvalue weighted by Gasteiger charge is -2.13. The zero-order chi connectivity index (χ0) is 20.3. The zero-order valence-corrected chi connectivity index (χ0v) is 15.7. The average molecular weight is 412 g/mol. The number of carbonyl (C=O) groups is 2. The fourth-order valence-corrected chi connectivity index (χ4v) is 4.71. The van der Waals surface area contributed by atoms with Gasteiger partial charge in [0.2, 0.25) is 0 Å². The maximum atomic E-state index is 12.6. The van der Waals surface area contributed by atoms with Gasteiger partial charge in [-0.05, 0) is 42.5 Å². The van der Waals surface area contributed by atoms with Crippen molar-refractivity contribution in [1.29, 1.82) is 0 Å². The first-order chi connectivity index (χ1) is 13.9. The predicted octanol–water partition coefficient (Wildman–Crippen LogP) is 3.65. The van der Waals surface area contributed by atoms with Crippen molar-refractivity contribution in [2.45, 2.75) is 6.42 Å². The van der Waals surface area contributed by atoms with E-state index in [1.807, 2.05) is 12.2 Å². The number of hydrogen-bond donors (Lipinski definition) is 0. The third-order valence-electron chi connectivity index (χ3n) is 5.80. The molecular weight excluding hydrogens is 398 g/mol. The van der Waals surface area contributed by atoms with Crippen molar-refractivity contribution in [3.8, 4) is 11.3 Å². The van der Waals surface area contributed by atoms with Gasteiger partial charge in [-0.3, -0.25) is 19.7 Å². The summed E-state index contributed by atoms with van der Waals surface area (Å²) in [6, 6.07) is 7.40. The first-order valence-electron chi connectivity index (χ1n) is 9.08. The van der Waals surface area contributed by atoms with Crippen LogP contribution in [0.1, 0.15) is 12.2 Å². The molecule has 4 atom stereocenters. The number of rotatable bonds is 4. The van der Waals surface area contributed by atoms with E-state index in [-0.39, 0.29) is 63.3 Å². The third-order valence-corrected chi connectivity index (χ3v) is 6.03. The second-order valence-electron chi connectivity index (χ2n) is 7.35. The van der Waals surface area contributed by atoms with Gasteiger partial charge in [0, 0.05) is 11.1 Å². The summed E-state index contributed by atoms with van der Waals surface area (Å²) >= 11 is 5.84. The summed E-state index contributed by atoms with van der Waals surface area (Å²) < 4.78 is 5.62. The van der Waals surface area contributed by atoms with Crippen molar-refractivity contribution in [2.24, 2.45) is 28.8 Å². The Kier molecular flexibility index (Phi) is 3.92. The van der Waals surface area contributed by atoms with E-state index in [0.29, 0.717) is 0 Å². The molecule has 2 aromatic rings. The summed E-state index contributed by atoms with van der Waals surface area (Å²) in [6.45, 7) is 0. The minimum atomic E-state index is -0.542. The highest BCUT2D eigenvalue weighted by Gasteiger charge is 2.59. The molecule has 0 radical (unpaired) electrons. The van der Waals surface area contributed by atoms with Crippen LogP contribution >= 0.6 is 11.6 Å². The van der Waals surface area contributed by atoms with Crippen LogP contribution in [0, 0.1) is 33.8 Å². The Hall–Kier alpha value is -3.26. The molecule has 2 bridgehead atoms. The van der Waals surface area contributed by atoms with Gasteiger partial charge in [-0.15, -0.1) is 0 Å². The van der Waals surface area contributed by atoms with E-state index in [9.17, 15) is 19.7 Å². The number of allylic oxidation sites excluding steroid dienone is 2. The molecule has 1 aromatic carbocycles. The van der Waals surface area contributed by atoms with Gasteiger partial charge in [-0.1, -0.05) is 23.8 Å². The SMILES string of the molecule is O=C1[C@@H]2[C@H](C(=O)N1/N=C\c1ccc(-c3ccc(Cl)cc3[N+](=O)[O-])o1)[C@H]1C=C[C@H]2C1. The van der Waals surface area contributed by atoms with Crippen LogP contribution < -0.4 is 0 Å². The first kappa shape index (κ1) is 17.8. The number of nitrogens with zero attached hydrogens (tertiary/aromatic N) is 3. The van der Waals surface area contributed by atoms with Crippen LogP contribution in [0.25, 0.3) is 11.3 Å². The topological polar surface area (TPSA) is 106 Å². The molecule has 5 rings (SSSR count). The van der Waals surface area contributed by atoms with E-state index < -0.39 is 4.92 Å². The summed E-state index contributed by atoms with van der Waals surface area (Å²) in [4.78, 5) is 36.0. The molecule has 0 unspecified atom stereocenters. The van der Waals surface area contributed by atoms with Gasteiger partial charge in [-0.25, -0.2) is 0 Å². The largest absolute Gasteiger partial charge is 0.455 e. The Balaban J connectivity index is 1.39. The molecule has 2 aliphatic carbocycles. The highest BCUT2D eigenvalue weighted by atomic mass is 35.5. The molecule has 2 heterocycles. The number of benzene rings is 1. The van der Waals surface area contributed by atoms with Gasteiger partial charge in [0.05, 0.1) is 28.5 Å². The van der Waals surface area contributed by atoms with Gasteiger partial charge < -0.3 is 4.42 Å². The number of carbonyl (C=O) groups excluding carboxylic acids is 2. The van der Waals surface area contributed by atoms with Crippen molar-refractivity contribution >= 4 is 35.3 Å². The molecule has 1 saturated carbocycles. The Morgan fingerprint density at radius 2 is 1.83 bits per heavy atom. The summed E-state index contributed by atoms with van der Waals surface area (Å²) in [6.07, 6.45) is 6.16. The minimum Gasteiger partial charge on any atom is -0.455 e. The van der Waals surface area contributed by atoms with E-state index in [4.69, 9.17) is 16.0 Å². The standard InChI is InChI=1S/C20H14ClN3O5/c21-12-3-5-14(15(8-12)24(27)28)16-6-4-13(29-16)9-22-23-19(25)17-10-1-2-11(7-10)18(17)20(23)26/h1-6,8-11,17-18H,7H2/b22-9-/t10-,11-,17-,18+/m0/s1. The molecule has 9 heteroatoms. The van der Waals surface area contributed by atoms with Gasteiger partial charge in [0.15, 0.2) is 0 Å². The third kappa shape index (κ3) is 2.71. The van der Waals surface area contributed by atoms with Crippen LogP contribution in [0.15, 0.2) is 52.0 Å². The quantitative estimate of drug-likeness (QED) is 0.251. The molecular formula is C20H14ClN3O5. The molecule has 1 aromatic heterocycles. The molecule has 3 aliphatic rings. The highest BCUT2D eigenvalue weighted by molar-refractivity contribution is 6.30. The zero-order valence-electron chi connectivity index (χ0n) is 14.9. The van der Waals surface area contributed by atoms with E-state index in [1.54, 1.807) is 12.1 Å².